The smallest absolute Gasteiger partial charge is 0.214 e. The lowest BCUT2D eigenvalue weighted by Crippen LogP contribution is -2.16. The first-order valence-electron chi connectivity index (χ1n) is 9.22. The van der Waals surface area contributed by atoms with Crippen LogP contribution in [0, 0.1) is 4.77 Å². The van der Waals surface area contributed by atoms with E-state index in [2.05, 4.69) is 31.6 Å². The molecule has 1 heterocycles. The van der Waals surface area contributed by atoms with Crippen LogP contribution in [0.2, 0.25) is 5.02 Å². The van der Waals surface area contributed by atoms with E-state index in [0.717, 1.165) is 32.7 Å². The number of ether oxygens (including phenoxy) is 1. The summed E-state index contributed by atoms with van der Waals surface area (Å²) in [6.07, 6.45) is 0. The van der Waals surface area contributed by atoms with E-state index in [4.69, 9.17) is 28.6 Å². The van der Waals surface area contributed by atoms with Crippen molar-refractivity contribution in [1.29, 1.82) is 0 Å². The van der Waals surface area contributed by atoms with Crippen molar-refractivity contribution in [2.45, 2.75) is 13.2 Å². The summed E-state index contributed by atoms with van der Waals surface area (Å²) in [5.74, 6) is 1.50. The first kappa shape index (κ1) is 20.7. The van der Waals surface area contributed by atoms with Gasteiger partial charge in [0, 0.05) is 20.6 Å². The van der Waals surface area contributed by atoms with E-state index < -0.39 is 0 Å². The predicted octanol–water partition coefficient (Wildman–Crippen LogP) is 6.35. The monoisotopic (exact) mass is 500 g/mol. The normalized spacial score (nSPS) is 10.7. The lowest BCUT2D eigenvalue weighted by atomic mass is 10.2. The standard InChI is InChI=1S/C22H18BrClN4OS/c23-18-9-10-20(29-14-15-5-4-8-19(24)11-15)17(12-18)13-25-28-21(26-27-22(28)30)16-6-2-1-3-7-16/h1-12,25H,13-14H2,(H,27,30). The number of hydrogen-bond acceptors (Lipinski definition) is 4. The lowest BCUT2D eigenvalue weighted by molar-refractivity contribution is 0.303. The van der Waals surface area contributed by atoms with Crippen LogP contribution in [-0.4, -0.2) is 14.9 Å². The van der Waals surface area contributed by atoms with Crippen LogP contribution in [0.4, 0.5) is 0 Å². The van der Waals surface area contributed by atoms with Crippen LogP contribution in [0.3, 0.4) is 0 Å². The van der Waals surface area contributed by atoms with E-state index in [1.165, 1.54) is 0 Å². The van der Waals surface area contributed by atoms with Crippen LogP contribution in [0.15, 0.2) is 77.3 Å². The van der Waals surface area contributed by atoms with Gasteiger partial charge >= 0.3 is 0 Å². The maximum atomic E-state index is 6.07. The maximum Gasteiger partial charge on any atom is 0.214 e. The average Bonchev–Trinajstić information content (AvgIpc) is 3.12. The number of benzene rings is 3. The summed E-state index contributed by atoms with van der Waals surface area (Å²) in [6.45, 7) is 0.924. The second-order valence-corrected chi connectivity index (χ2v) is 8.30. The number of halogens is 2. The molecule has 2 N–H and O–H groups in total. The second-order valence-electron chi connectivity index (χ2n) is 6.56. The highest BCUT2D eigenvalue weighted by Gasteiger charge is 2.11. The zero-order valence-corrected chi connectivity index (χ0v) is 19.0. The molecule has 0 radical (unpaired) electrons. The van der Waals surface area contributed by atoms with Crippen molar-refractivity contribution in [3.63, 3.8) is 0 Å². The molecule has 3 aromatic carbocycles. The minimum Gasteiger partial charge on any atom is -0.489 e. The van der Waals surface area contributed by atoms with Gasteiger partial charge in [-0.3, -0.25) is 0 Å². The third kappa shape index (κ3) is 4.92. The van der Waals surface area contributed by atoms with Gasteiger partial charge in [-0.05, 0) is 48.1 Å². The zero-order chi connectivity index (χ0) is 20.9. The van der Waals surface area contributed by atoms with Gasteiger partial charge in [0.15, 0.2) is 5.82 Å². The van der Waals surface area contributed by atoms with Crippen molar-refractivity contribution >= 4 is 39.7 Å². The van der Waals surface area contributed by atoms with Crippen LogP contribution < -0.4 is 10.2 Å². The zero-order valence-electron chi connectivity index (χ0n) is 15.8. The number of rotatable bonds is 7. The van der Waals surface area contributed by atoms with Gasteiger partial charge in [-0.15, -0.1) is 0 Å². The molecule has 0 unspecified atom stereocenters. The number of aromatic amines is 1. The van der Waals surface area contributed by atoms with E-state index >= 15 is 0 Å². The predicted molar refractivity (Wildman–Crippen MR) is 126 cm³/mol. The van der Waals surface area contributed by atoms with Gasteiger partial charge in [0.05, 0.1) is 6.54 Å². The highest BCUT2D eigenvalue weighted by molar-refractivity contribution is 9.10. The molecule has 152 valence electrons. The number of nitrogens with zero attached hydrogens (tertiary/aromatic N) is 2. The summed E-state index contributed by atoms with van der Waals surface area (Å²) in [5.41, 5.74) is 6.30. The van der Waals surface area contributed by atoms with Gasteiger partial charge in [-0.2, -0.15) is 5.10 Å². The molecule has 0 saturated carbocycles. The van der Waals surface area contributed by atoms with Crippen LogP contribution >= 0.6 is 39.7 Å². The molecule has 5 nitrogen and oxygen atoms in total. The molecule has 0 aliphatic rings. The molecule has 0 amide bonds. The van der Waals surface area contributed by atoms with Crippen molar-refractivity contribution in [1.82, 2.24) is 14.9 Å². The fourth-order valence-corrected chi connectivity index (χ4v) is 3.82. The van der Waals surface area contributed by atoms with Gasteiger partial charge in [0.25, 0.3) is 0 Å². The van der Waals surface area contributed by atoms with Crippen LogP contribution in [-0.2, 0) is 13.2 Å². The average molecular weight is 502 g/mol. The molecule has 4 rings (SSSR count). The summed E-state index contributed by atoms with van der Waals surface area (Å²) >= 11 is 15.0. The molecule has 0 bridgehead atoms. The Hall–Kier alpha value is -2.61. The Labute approximate surface area is 192 Å². The molecule has 0 saturated heterocycles. The molecule has 4 aromatic rings. The SMILES string of the molecule is S=c1[nH]nc(-c2ccccc2)n1NCc1cc(Br)ccc1OCc1cccc(Cl)c1. The number of H-pyrrole nitrogens is 1. The van der Waals surface area contributed by atoms with Crippen LogP contribution in [0.25, 0.3) is 11.4 Å². The highest BCUT2D eigenvalue weighted by Crippen LogP contribution is 2.25. The molecule has 0 spiro atoms. The van der Waals surface area contributed by atoms with Gasteiger partial charge in [0.1, 0.15) is 12.4 Å². The van der Waals surface area contributed by atoms with Crippen LogP contribution in [0.1, 0.15) is 11.1 Å². The van der Waals surface area contributed by atoms with E-state index in [1.54, 1.807) is 4.68 Å². The Morgan fingerprint density at radius 3 is 2.70 bits per heavy atom. The summed E-state index contributed by atoms with van der Waals surface area (Å²) in [5, 5.41) is 7.89. The Morgan fingerprint density at radius 2 is 1.90 bits per heavy atom. The largest absolute Gasteiger partial charge is 0.489 e. The topological polar surface area (TPSA) is 54.9 Å². The molecule has 0 fully saturated rings. The molecule has 1 aromatic heterocycles. The van der Waals surface area contributed by atoms with E-state index in [9.17, 15) is 0 Å². The van der Waals surface area contributed by atoms with Crippen molar-refractivity contribution in [3.8, 4) is 17.1 Å². The summed E-state index contributed by atoms with van der Waals surface area (Å²) in [6, 6.07) is 23.4. The number of aromatic nitrogens is 3. The van der Waals surface area contributed by atoms with E-state index in [1.807, 2.05) is 72.8 Å². The second kappa shape index (κ2) is 9.47. The first-order chi connectivity index (χ1) is 14.6. The third-order valence-electron chi connectivity index (χ3n) is 4.44. The molecular formula is C22H18BrClN4OS. The molecular weight excluding hydrogens is 484 g/mol. The summed E-state index contributed by atoms with van der Waals surface area (Å²) in [4.78, 5) is 0. The Kier molecular flexibility index (Phi) is 6.52. The molecule has 0 atom stereocenters. The minimum atomic E-state index is 0.426. The van der Waals surface area contributed by atoms with Crippen molar-refractivity contribution in [2.75, 3.05) is 5.43 Å². The maximum absolute atomic E-state index is 6.07. The van der Waals surface area contributed by atoms with E-state index in [-0.39, 0.29) is 0 Å². The Balaban J connectivity index is 1.54. The summed E-state index contributed by atoms with van der Waals surface area (Å²) < 4.78 is 9.30. The van der Waals surface area contributed by atoms with Gasteiger partial charge in [-0.25, -0.2) is 9.77 Å². The van der Waals surface area contributed by atoms with Crippen molar-refractivity contribution < 1.29 is 4.74 Å². The minimum absolute atomic E-state index is 0.426. The lowest BCUT2D eigenvalue weighted by Gasteiger charge is -2.15. The van der Waals surface area contributed by atoms with Gasteiger partial charge in [0.2, 0.25) is 4.77 Å². The third-order valence-corrected chi connectivity index (χ3v) is 5.44. The molecule has 30 heavy (non-hydrogen) atoms. The Bertz CT molecular complexity index is 1210. The quantitative estimate of drug-likeness (QED) is 0.290. The first-order valence-corrected chi connectivity index (χ1v) is 10.8. The highest BCUT2D eigenvalue weighted by atomic mass is 79.9. The van der Waals surface area contributed by atoms with E-state index in [0.29, 0.717) is 22.9 Å². The molecule has 0 aliphatic carbocycles. The van der Waals surface area contributed by atoms with Crippen molar-refractivity contribution in [3.05, 3.63) is 98.2 Å². The van der Waals surface area contributed by atoms with Crippen LogP contribution in [0.5, 0.6) is 5.75 Å². The Morgan fingerprint density at radius 1 is 1.07 bits per heavy atom. The molecule has 8 heteroatoms. The fraction of sp³-hybridized carbons (Fsp3) is 0.0909. The molecule has 0 aliphatic heterocycles. The fourth-order valence-electron chi connectivity index (χ4n) is 3.00. The van der Waals surface area contributed by atoms with Crippen molar-refractivity contribution in [2.24, 2.45) is 0 Å². The summed E-state index contributed by atoms with van der Waals surface area (Å²) in [7, 11) is 0. The number of nitrogens with one attached hydrogen (secondary N) is 2. The van der Waals surface area contributed by atoms with Gasteiger partial charge in [-0.1, -0.05) is 70.0 Å². The number of hydrogen-bond donors (Lipinski definition) is 2. The van der Waals surface area contributed by atoms with Gasteiger partial charge < -0.3 is 10.2 Å².